The number of nitrogens with zero attached hydrogens (tertiary/aromatic N) is 2. The molecule has 162 valence electrons. The lowest BCUT2D eigenvalue weighted by molar-refractivity contribution is -0.136. The van der Waals surface area contributed by atoms with E-state index in [1.807, 2.05) is 0 Å². The third kappa shape index (κ3) is 4.16. The summed E-state index contributed by atoms with van der Waals surface area (Å²) in [5.74, 6) is -0.427. The van der Waals surface area contributed by atoms with E-state index in [0.29, 0.717) is 19.4 Å². The minimum Gasteiger partial charge on any atom is -0.353 e. The molecule has 4 fully saturated rings. The predicted molar refractivity (Wildman–Crippen MR) is 110 cm³/mol. The Morgan fingerprint density at radius 3 is 2.10 bits per heavy atom. The summed E-state index contributed by atoms with van der Waals surface area (Å²) in [5.41, 5.74) is -0.704. The highest BCUT2D eigenvalue weighted by Gasteiger charge is 2.51. The average molecular weight is 405 g/mol. The van der Waals surface area contributed by atoms with Crippen LogP contribution in [0.1, 0.15) is 83.5 Å². The molecule has 0 aromatic carbocycles. The van der Waals surface area contributed by atoms with Gasteiger partial charge in [-0.05, 0) is 51.6 Å². The number of carbonyl (C=O) groups excluding carboxylic acids is 3. The molecule has 0 unspecified atom stereocenters. The number of hydrogen-bond acceptors (Lipinski definition) is 4. The van der Waals surface area contributed by atoms with Crippen molar-refractivity contribution in [1.82, 2.24) is 20.4 Å². The van der Waals surface area contributed by atoms with Crippen molar-refractivity contribution in [2.24, 2.45) is 0 Å². The Hall–Kier alpha value is -1.63. The Balaban J connectivity index is 1.36. The van der Waals surface area contributed by atoms with E-state index in [4.69, 9.17) is 0 Å². The minimum absolute atomic E-state index is 0.0518. The summed E-state index contributed by atoms with van der Waals surface area (Å²) in [4.78, 5) is 41.8. The molecule has 2 saturated carbocycles. The van der Waals surface area contributed by atoms with Crippen LogP contribution in [0.3, 0.4) is 0 Å². The summed E-state index contributed by atoms with van der Waals surface area (Å²) in [6.45, 7) is 2.69. The standard InChI is InChI=1S/C22H36N4O3/c27-18(16-26-19(28)22(24-20(26)29)12-6-2-7-13-22)23-17-21(10-4-1-5-11-21)25-14-8-3-9-15-25/h1-17H2,(H,23,27)(H,24,29). The van der Waals surface area contributed by atoms with Gasteiger partial charge in [0.05, 0.1) is 0 Å². The molecule has 29 heavy (non-hydrogen) atoms. The van der Waals surface area contributed by atoms with Crippen molar-refractivity contribution in [1.29, 1.82) is 0 Å². The van der Waals surface area contributed by atoms with Crippen LogP contribution in [0.15, 0.2) is 0 Å². The van der Waals surface area contributed by atoms with Gasteiger partial charge in [-0.1, -0.05) is 44.9 Å². The van der Waals surface area contributed by atoms with E-state index in [1.54, 1.807) is 0 Å². The van der Waals surface area contributed by atoms with Gasteiger partial charge in [-0.15, -0.1) is 0 Å². The van der Waals surface area contributed by atoms with Crippen molar-refractivity contribution in [3.05, 3.63) is 0 Å². The molecular weight excluding hydrogens is 368 g/mol. The van der Waals surface area contributed by atoms with Crippen molar-refractivity contribution in [3.63, 3.8) is 0 Å². The molecule has 2 saturated heterocycles. The second-order valence-corrected chi connectivity index (χ2v) is 9.57. The molecule has 4 aliphatic rings. The van der Waals surface area contributed by atoms with Crippen LogP contribution in [0.25, 0.3) is 0 Å². The Bertz CT molecular complexity index is 632. The highest BCUT2D eigenvalue weighted by Crippen LogP contribution is 2.36. The second-order valence-electron chi connectivity index (χ2n) is 9.57. The van der Waals surface area contributed by atoms with E-state index in [0.717, 1.165) is 50.1 Å². The van der Waals surface area contributed by atoms with Crippen molar-refractivity contribution >= 4 is 17.8 Å². The van der Waals surface area contributed by atoms with E-state index in [1.165, 1.54) is 38.5 Å². The second kappa shape index (κ2) is 8.62. The van der Waals surface area contributed by atoms with Gasteiger partial charge in [0.1, 0.15) is 12.1 Å². The Labute approximate surface area is 173 Å². The summed E-state index contributed by atoms with van der Waals surface area (Å²) in [6.07, 6.45) is 14.1. The molecule has 7 nitrogen and oxygen atoms in total. The zero-order valence-corrected chi connectivity index (χ0v) is 17.6. The lowest BCUT2D eigenvalue weighted by Crippen LogP contribution is -2.58. The first-order valence-corrected chi connectivity index (χ1v) is 11.7. The Kier molecular flexibility index (Phi) is 6.13. The molecule has 2 N–H and O–H groups in total. The molecule has 0 aromatic rings. The van der Waals surface area contributed by atoms with Crippen molar-refractivity contribution in [2.45, 2.75) is 94.5 Å². The maximum atomic E-state index is 12.9. The lowest BCUT2D eigenvalue weighted by atomic mass is 9.79. The molecule has 2 heterocycles. The lowest BCUT2D eigenvalue weighted by Gasteiger charge is -2.48. The number of imide groups is 1. The van der Waals surface area contributed by atoms with Gasteiger partial charge in [0.15, 0.2) is 0 Å². The summed E-state index contributed by atoms with van der Waals surface area (Å²) in [5, 5.41) is 5.98. The van der Waals surface area contributed by atoms with Crippen molar-refractivity contribution in [2.75, 3.05) is 26.2 Å². The van der Waals surface area contributed by atoms with E-state index >= 15 is 0 Å². The maximum Gasteiger partial charge on any atom is 0.325 e. The SMILES string of the molecule is O=C(CN1C(=O)NC2(CCCCC2)C1=O)NCC1(N2CCCCC2)CCCCC1. The fraction of sp³-hybridized carbons (Fsp3) is 0.864. The molecular formula is C22H36N4O3. The zero-order chi connectivity index (χ0) is 20.3. The van der Waals surface area contributed by atoms with Crippen molar-refractivity contribution < 1.29 is 14.4 Å². The summed E-state index contributed by atoms with van der Waals surface area (Å²) >= 11 is 0. The zero-order valence-electron chi connectivity index (χ0n) is 17.6. The first-order chi connectivity index (χ1) is 14.0. The van der Waals surface area contributed by atoms with E-state index in [9.17, 15) is 14.4 Å². The summed E-state index contributed by atoms with van der Waals surface area (Å²) in [7, 11) is 0. The molecule has 2 aliphatic heterocycles. The number of amides is 4. The highest BCUT2D eigenvalue weighted by atomic mass is 16.2. The molecule has 2 aliphatic carbocycles. The normalized spacial score (nSPS) is 27.1. The number of likely N-dealkylation sites (tertiary alicyclic amines) is 1. The van der Waals surface area contributed by atoms with Gasteiger partial charge >= 0.3 is 6.03 Å². The molecule has 7 heteroatoms. The number of urea groups is 1. The van der Waals surface area contributed by atoms with Gasteiger partial charge in [0.2, 0.25) is 5.91 Å². The third-order valence-electron chi connectivity index (χ3n) is 7.68. The fourth-order valence-corrected chi connectivity index (χ4v) is 5.96. The molecule has 1 spiro atoms. The minimum atomic E-state index is -0.756. The largest absolute Gasteiger partial charge is 0.353 e. The summed E-state index contributed by atoms with van der Waals surface area (Å²) < 4.78 is 0. The Morgan fingerprint density at radius 1 is 0.862 bits per heavy atom. The fourth-order valence-electron chi connectivity index (χ4n) is 5.96. The smallest absolute Gasteiger partial charge is 0.325 e. The van der Waals surface area contributed by atoms with Crippen LogP contribution in [-0.4, -0.2) is 64.9 Å². The molecule has 0 radical (unpaired) electrons. The number of hydrogen-bond donors (Lipinski definition) is 2. The van der Waals surface area contributed by atoms with Gasteiger partial charge in [-0.2, -0.15) is 0 Å². The van der Waals surface area contributed by atoms with Crippen LogP contribution >= 0.6 is 0 Å². The molecule has 0 atom stereocenters. The maximum absolute atomic E-state index is 12.9. The van der Waals surface area contributed by atoms with Crippen LogP contribution in [0.5, 0.6) is 0 Å². The first-order valence-electron chi connectivity index (χ1n) is 11.7. The summed E-state index contributed by atoms with van der Waals surface area (Å²) in [6, 6.07) is -0.407. The molecule has 0 aromatic heterocycles. The van der Waals surface area contributed by atoms with Crippen LogP contribution in [0.4, 0.5) is 4.79 Å². The van der Waals surface area contributed by atoms with E-state index in [2.05, 4.69) is 15.5 Å². The molecule has 4 amide bonds. The van der Waals surface area contributed by atoms with Gasteiger partial charge < -0.3 is 10.6 Å². The van der Waals surface area contributed by atoms with Gasteiger partial charge in [-0.25, -0.2) is 4.79 Å². The molecule has 4 rings (SSSR count). The number of carbonyl (C=O) groups is 3. The number of rotatable bonds is 5. The predicted octanol–water partition coefficient (Wildman–Crippen LogP) is 2.55. The first kappa shape index (κ1) is 20.6. The van der Waals surface area contributed by atoms with Crippen molar-refractivity contribution in [3.8, 4) is 0 Å². The third-order valence-corrected chi connectivity index (χ3v) is 7.68. The Morgan fingerprint density at radius 2 is 1.45 bits per heavy atom. The van der Waals surface area contributed by atoms with Crippen LogP contribution in [0.2, 0.25) is 0 Å². The molecule has 0 bridgehead atoms. The van der Waals surface area contributed by atoms with E-state index < -0.39 is 11.6 Å². The average Bonchev–Trinajstić information content (AvgIpc) is 2.98. The topological polar surface area (TPSA) is 81.8 Å². The quantitative estimate of drug-likeness (QED) is 0.690. The van der Waals surface area contributed by atoms with Gasteiger partial charge in [0.25, 0.3) is 5.91 Å². The van der Waals surface area contributed by atoms with Crippen LogP contribution in [0, 0.1) is 0 Å². The van der Waals surface area contributed by atoms with Gasteiger partial charge in [0, 0.05) is 12.1 Å². The monoisotopic (exact) mass is 404 g/mol. The van der Waals surface area contributed by atoms with Crippen LogP contribution in [-0.2, 0) is 9.59 Å². The number of nitrogens with one attached hydrogen (secondary N) is 2. The van der Waals surface area contributed by atoms with Crippen LogP contribution < -0.4 is 10.6 Å². The van der Waals surface area contributed by atoms with Gasteiger partial charge in [-0.3, -0.25) is 19.4 Å². The number of piperidine rings is 1. The highest BCUT2D eigenvalue weighted by molar-refractivity contribution is 6.09. The van der Waals surface area contributed by atoms with E-state index in [-0.39, 0.29) is 23.9 Å².